The summed E-state index contributed by atoms with van der Waals surface area (Å²) in [6.45, 7) is 2.01. The van der Waals surface area contributed by atoms with Crippen molar-refractivity contribution in [3.8, 4) is 5.69 Å². The van der Waals surface area contributed by atoms with Crippen molar-refractivity contribution in [3.63, 3.8) is 0 Å². The van der Waals surface area contributed by atoms with E-state index < -0.39 is 5.97 Å². The monoisotopic (exact) mass is 282 g/mol. The number of esters is 1. The molecular formula is C15H14N4O2. The van der Waals surface area contributed by atoms with Crippen LogP contribution in [0.5, 0.6) is 0 Å². The Morgan fingerprint density at radius 1 is 1.33 bits per heavy atom. The van der Waals surface area contributed by atoms with Crippen LogP contribution in [0.25, 0.3) is 16.6 Å². The van der Waals surface area contributed by atoms with Gasteiger partial charge in [-0.15, -0.1) is 0 Å². The molecule has 0 bridgehead atoms. The number of para-hydroxylation sites is 1. The minimum Gasteiger partial charge on any atom is -0.461 e. The molecule has 106 valence electrons. The molecule has 0 aliphatic rings. The van der Waals surface area contributed by atoms with E-state index in [1.807, 2.05) is 30.3 Å². The van der Waals surface area contributed by atoms with Crippen molar-refractivity contribution in [3.05, 3.63) is 48.5 Å². The molecule has 0 saturated carbocycles. The summed E-state index contributed by atoms with van der Waals surface area (Å²) in [4.78, 5) is 20.1. The summed E-state index contributed by atoms with van der Waals surface area (Å²) < 4.78 is 6.53. The van der Waals surface area contributed by atoms with Crippen LogP contribution < -0.4 is 5.73 Å². The highest BCUT2D eigenvalue weighted by Gasteiger charge is 2.17. The van der Waals surface area contributed by atoms with Crippen LogP contribution in [0.1, 0.15) is 17.4 Å². The Balaban J connectivity index is 2.04. The number of fused-ring (bicyclic) bond motifs is 1. The molecule has 1 aromatic carbocycles. The smallest absolute Gasteiger partial charge is 0.360 e. The van der Waals surface area contributed by atoms with Crippen molar-refractivity contribution in [2.45, 2.75) is 6.92 Å². The largest absolute Gasteiger partial charge is 0.461 e. The van der Waals surface area contributed by atoms with E-state index in [0.717, 1.165) is 16.6 Å². The summed E-state index contributed by atoms with van der Waals surface area (Å²) in [6.07, 6.45) is 3.18. The number of benzene rings is 1. The Labute approximate surface area is 121 Å². The second-order valence-electron chi connectivity index (χ2n) is 4.46. The molecule has 0 fully saturated rings. The lowest BCUT2D eigenvalue weighted by Crippen LogP contribution is -2.09. The second kappa shape index (κ2) is 5.24. The van der Waals surface area contributed by atoms with Crippen LogP contribution >= 0.6 is 0 Å². The van der Waals surface area contributed by atoms with Crippen molar-refractivity contribution in [2.75, 3.05) is 12.3 Å². The molecule has 2 N–H and O–H groups in total. The van der Waals surface area contributed by atoms with Gasteiger partial charge in [-0.2, -0.15) is 0 Å². The van der Waals surface area contributed by atoms with Gasteiger partial charge in [0.2, 0.25) is 0 Å². The van der Waals surface area contributed by atoms with E-state index in [-0.39, 0.29) is 18.1 Å². The van der Waals surface area contributed by atoms with E-state index >= 15 is 0 Å². The fraction of sp³-hybridized carbons (Fsp3) is 0.133. The third-order valence-electron chi connectivity index (χ3n) is 3.13. The van der Waals surface area contributed by atoms with Gasteiger partial charge in [0.25, 0.3) is 0 Å². The van der Waals surface area contributed by atoms with Gasteiger partial charge in [-0.1, -0.05) is 18.2 Å². The lowest BCUT2D eigenvalue weighted by Gasteiger charge is -2.06. The Bertz CT molecular complexity index is 810. The standard InChI is InChI=1S/C15H14N4O2/c1-2-21-15(20)13-14(16)19(9-18-13)11-7-10-5-3-4-6-12(10)17-8-11/h3-9H,2,16H2,1H3. The lowest BCUT2D eigenvalue weighted by atomic mass is 10.2. The van der Waals surface area contributed by atoms with E-state index in [1.54, 1.807) is 17.7 Å². The zero-order valence-corrected chi connectivity index (χ0v) is 11.5. The SMILES string of the molecule is CCOC(=O)c1ncn(-c2cnc3ccccc3c2)c1N. The highest BCUT2D eigenvalue weighted by molar-refractivity contribution is 5.92. The summed E-state index contributed by atoms with van der Waals surface area (Å²) in [5.74, 6) is -0.284. The lowest BCUT2D eigenvalue weighted by molar-refractivity contribution is 0.0521. The fourth-order valence-corrected chi connectivity index (χ4v) is 2.11. The minimum absolute atomic E-state index is 0.116. The maximum absolute atomic E-state index is 11.7. The van der Waals surface area contributed by atoms with Crippen LogP contribution in [0.2, 0.25) is 0 Å². The Kier molecular flexibility index (Phi) is 3.27. The topological polar surface area (TPSA) is 83.0 Å². The molecule has 0 aliphatic heterocycles. The molecule has 2 heterocycles. The number of pyridine rings is 1. The van der Waals surface area contributed by atoms with Crippen LogP contribution in [-0.2, 0) is 4.74 Å². The number of imidazole rings is 1. The number of nitrogens with zero attached hydrogens (tertiary/aromatic N) is 3. The zero-order valence-electron chi connectivity index (χ0n) is 11.5. The van der Waals surface area contributed by atoms with Crippen LogP contribution in [0.4, 0.5) is 5.82 Å². The zero-order chi connectivity index (χ0) is 14.8. The predicted molar refractivity (Wildman–Crippen MR) is 79.2 cm³/mol. The predicted octanol–water partition coefficient (Wildman–Crippen LogP) is 2.18. The average molecular weight is 282 g/mol. The van der Waals surface area contributed by atoms with Gasteiger partial charge >= 0.3 is 5.97 Å². The summed E-state index contributed by atoms with van der Waals surface area (Å²) in [7, 11) is 0. The van der Waals surface area contributed by atoms with Crippen LogP contribution in [0, 0.1) is 0 Å². The quantitative estimate of drug-likeness (QED) is 0.744. The first-order valence-corrected chi connectivity index (χ1v) is 6.56. The molecule has 3 aromatic rings. The van der Waals surface area contributed by atoms with Gasteiger partial charge in [-0.05, 0) is 19.1 Å². The number of carbonyl (C=O) groups is 1. The van der Waals surface area contributed by atoms with Gasteiger partial charge in [0.15, 0.2) is 5.69 Å². The van der Waals surface area contributed by atoms with Gasteiger partial charge in [0, 0.05) is 5.39 Å². The third kappa shape index (κ3) is 2.31. The first-order chi connectivity index (χ1) is 10.2. The second-order valence-corrected chi connectivity index (χ2v) is 4.46. The van der Waals surface area contributed by atoms with E-state index in [4.69, 9.17) is 10.5 Å². The van der Waals surface area contributed by atoms with Crippen molar-refractivity contribution in [2.24, 2.45) is 0 Å². The molecule has 0 saturated heterocycles. The molecule has 6 nitrogen and oxygen atoms in total. The van der Waals surface area contributed by atoms with Gasteiger partial charge in [0.1, 0.15) is 12.1 Å². The number of carbonyl (C=O) groups excluding carboxylic acids is 1. The van der Waals surface area contributed by atoms with E-state index in [0.29, 0.717) is 0 Å². The normalized spacial score (nSPS) is 10.7. The first-order valence-electron chi connectivity index (χ1n) is 6.56. The van der Waals surface area contributed by atoms with Crippen molar-refractivity contribution in [1.29, 1.82) is 0 Å². The Hall–Kier alpha value is -2.89. The molecule has 2 aromatic heterocycles. The molecule has 0 spiro atoms. The fourth-order valence-electron chi connectivity index (χ4n) is 2.11. The summed E-state index contributed by atoms with van der Waals surface area (Å²) in [5.41, 5.74) is 7.74. The van der Waals surface area contributed by atoms with Gasteiger partial charge < -0.3 is 10.5 Å². The Morgan fingerprint density at radius 2 is 2.14 bits per heavy atom. The number of ether oxygens (including phenoxy) is 1. The molecule has 0 radical (unpaired) electrons. The summed E-state index contributed by atoms with van der Waals surface area (Å²) in [6, 6.07) is 9.70. The van der Waals surface area contributed by atoms with Gasteiger partial charge in [-0.25, -0.2) is 9.78 Å². The van der Waals surface area contributed by atoms with Crippen molar-refractivity contribution < 1.29 is 9.53 Å². The molecule has 0 aliphatic carbocycles. The average Bonchev–Trinajstić information content (AvgIpc) is 2.89. The molecule has 6 heteroatoms. The van der Waals surface area contributed by atoms with Crippen molar-refractivity contribution >= 4 is 22.7 Å². The number of nitrogens with two attached hydrogens (primary N) is 1. The molecule has 0 unspecified atom stereocenters. The number of nitrogen functional groups attached to an aromatic ring is 1. The molecule has 21 heavy (non-hydrogen) atoms. The van der Waals surface area contributed by atoms with Gasteiger partial charge in [-0.3, -0.25) is 9.55 Å². The van der Waals surface area contributed by atoms with Gasteiger partial charge in [0.05, 0.1) is 24.0 Å². The highest BCUT2D eigenvalue weighted by atomic mass is 16.5. The van der Waals surface area contributed by atoms with E-state index in [1.165, 1.54) is 6.33 Å². The first kappa shape index (κ1) is 13.1. The van der Waals surface area contributed by atoms with Crippen LogP contribution in [-0.4, -0.2) is 27.1 Å². The number of rotatable bonds is 3. The summed E-state index contributed by atoms with van der Waals surface area (Å²) >= 11 is 0. The molecule has 3 rings (SSSR count). The Morgan fingerprint density at radius 3 is 2.95 bits per heavy atom. The van der Waals surface area contributed by atoms with Crippen molar-refractivity contribution in [1.82, 2.24) is 14.5 Å². The highest BCUT2D eigenvalue weighted by Crippen LogP contribution is 2.20. The maximum atomic E-state index is 11.7. The van der Waals surface area contributed by atoms with E-state index in [9.17, 15) is 4.79 Å². The van der Waals surface area contributed by atoms with Crippen LogP contribution in [0.15, 0.2) is 42.9 Å². The molecular weight excluding hydrogens is 268 g/mol. The summed E-state index contributed by atoms with van der Waals surface area (Å²) in [5, 5.41) is 0.987. The molecule has 0 atom stereocenters. The number of hydrogen-bond donors (Lipinski definition) is 1. The van der Waals surface area contributed by atoms with Crippen LogP contribution in [0.3, 0.4) is 0 Å². The minimum atomic E-state index is -0.525. The third-order valence-corrected chi connectivity index (χ3v) is 3.13. The molecule has 0 amide bonds. The number of aromatic nitrogens is 3. The number of hydrogen-bond acceptors (Lipinski definition) is 5. The maximum Gasteiger partial charge on any atom is 0.360 e. The van der Waals surface area contributed by atoms with E-state index in [2.05, 4.69) is 9.97 Å². The number of anilines is 1.